The van der Waals surface area contributed by atoms with Crippen molar-refractivity contribution in [2.45, 2.75) is 64.5 Å². The van der Waals surface area contributed by atoms with Gasteiger partial charge in [-0.1, -0.05) is 13.8 Å². The molecule has 0 bridgehead atoms. The van der Waals surface area contributed by atoms with Crippen LogP contribution >= 0.6 is 0 Å². The summed E-state index contributed by atoms with van der Waals surface area (Å²) in [6, 6.07) is 0.750. The summed E-state index contributed by atoms with van der Waals surface area (Å²) in [5, 5.41) is 3.73. The zero-order chi connectivity index (χ0) is 8.32. The predicted octanol–water partition coefficient (Wildman–Crippen LogP) is 2.71. The SMILES string of the molecule is CCC(CC)NC1(C)CCC1. The Morgan fingerprint density at radius 3 is 2.09 bits per heavy atom. The van der Waals surface area contributed by atoms with Crippen molar-refractivity contribution in [3.63, 3.8) is 0 Å². The predicted molar refractivity (Wildman–Crippen MR) is 49.8 cm³/mol. The molecule has 1 saturated carbocycles. The normalized spacial score (nSPS) is 21.8. The Balaban J connectivity index is 2.27. The zero-order valence-corrected chi connectivity index (χ0v) is 8.11. The second-order valence-electron chi connectivity index (χ2n) is 4.07. The molecule has 11 heavy (non-hydrogen) atoms. The van der Waals surface area contributed by atoms with Gasteiger partial charge in [-0.2, -0.15) is 0 Å². The van der Waals surface area contributed by atoms with Gasteiger partial charge >= 0.3 is 0 Å². The van der Waals surface area contributed by atoms with Gasteiger partial charge in [-0.25, -0.2) is 0 Å². The average molecular weight is 155 g/mol. The minimum atomic E-state index is 0.497. The van der Waals surface area contributed by atoms with Gasteiger partial charge < -0.3 is 5.32 Å². The van der Waals surface area contributed by atoms with Crippen molar-refractivity contribution in [1.29, 1.82) is 0 Å². The Bertz CT molecular complexity index is 112. The van der Waals surface area contributed by atoms with Gasteiger partial charge in [0.05, 0.1) is 0 Å². The van der Waals surface area contributed by atoms with Crippen molar-refractivity contribution in [3.05, 3.63) is 0 Å². The summed E-state index contributed by atoms with van der Waals surface area (Å²) in [6.45, 7) is 6.89. The minimum Gasteiger partial charge on any atom is -0.309 e. The second kappa shape index (κ2) is 3.57. The summed E-state index contributed by atoms with van der Waals surface area (Å²) in [7, 11) is 0. The van der Waals surface area contributed by atoms with Crippen LogP contribution in [0, 0.1) is 0 Å². The van der Waals surface area contributed by atoms with Crippen LogP contribution in [0.3, 0.4) is 0 Å². The fourth-order valence-electron chi connectivity index (χ4n) is 1.84. The first-order chi connectivity index (χ1) is 5.20. The Hall–Kier alpha value is -0.0400. The van der Waals surface area contributed by atoms with Gasteiger partial charge in [0.2, 0.25) is 0 Å². The molecule has 66 valence electrons. The van der Waals surface area contributed by atoms with Crippen LogP contribution in [0.15, 0.2) is 0 Å². The highest BCUT2D eigenvalue weighted by Crippen LogP contribution is 2.31. The molecule has 1 N–H and O–H groups in total. The quantitative estimate of drug-likeness (QED) is 0.658. The molecule has 0 radical (unpaired) electrons. The summed E-state index contributed by atoms with van der Waals surface area (Å²) in [5.41, 5.74) is 0.497. The van der Waals surface area contributed by atoms with E-state index in [1.807, 2.05) is 0 Å². The van der Waals surface area contributed by atoms with Crippen molar-refractivity contribution >= 4 is 0 Å². The van der Waals surface area contributed by atoms with Crippen LogP contribution in [0.2, 0.25) is 0 Å². The Morgan fingerprint density at radius 2 is 1.82 bits per heavy atom. The summed E-state index contributed by atoms with van der Waals surface area (Å²) in [5.74, 6) is 0. The first-order valence-electron chi connectivity index (χ1n) is 4.98. The third kappa shape index (κ3) is 2.19. The van der Waals surface area contributed by atoms with E-state index < -0.39 is 0 Å². The largest absolute Gasteiger partial charge is 0.309 e. The van der Waals surface area contributed by atoms with Crippen molar-refractivity contribution in [2.75, 3.05) is 0 Å². The van der Waals surface area contributed by atoms with Gasteiger partial charge in [0.25, 0.3) is 0 Å². The van der Waals surface area contributed by atoms with Gasteiger partial charge in [0.15, 0.2) is 0 Å². The number of nitrogens with one attached hydrogen (secondary N) is 1. The van der Waals surface area contributed by atoms with E-state index in [1.165, 1.54) is 32.1 Å². The molecule has 1 heteroatoms. The van der Waals surface area contributed by atoms with Gasteiger partial charge in [-0.3, -0.25) is 0 Å². The highest BCUT2D eigenvalue weighted by molar-refractivity contribution is 4.93. The minimum absolute atomic E-state index is 0.497. The molecular weight excluding hydrogens is 134 g/mol. The molecule has 0 aromatic heterocycles. The molecule has 0 amide bonds. The van der Waals surface area contributed by atoms with E-state index >= 15 is 0 Å². The lowest BCUT2D eigenvalue weighted by atomic mass is 9.78. The molecule has 1 fully saturated rings. The van der Waals surface area contributed by atoms with Crippen LogP contribution in [-0.4, -0.2) is 11.6 Å². The Labute approximate surface area is 70.6 Å². The maximum atomic E-state index is 3.73. The number of hydrogen-bond acceptors (Lipinski definition) is 1. The molecule has 1 nitrogen and oxygen atoms in total. The molecule has 0 aromatic carbocycles. The molecule has 0 heterocycles. The van der Waals surface area contributed by atoms with Crippen LogP contribution in [-0.2, 0) is 0 Å². The van der Waals surface area contributed by atoms with E-state index in [1.54, 1.807) is 0 Å². The molecule has 1 aliphatic carbocycles. The summed E-state index contributed by atoms with van der Waals surface area (Å²) in [6.07, 6.45) is 6.72. The fourth-order valence-corrected chi connectivity index (χ4v) is 1.84. The van der Waals surface area contributed by atoms with Gasteiger partial charge in [0, 0.05) is 11.6 Å². The van der Waals surface area contributed by atoms with Crippen molar-refractivity contribution in [3.8, 4) is 0 Å². The van der Waals surface area contributed by atoms with E-state index in [0.29, 0.717) is 5.54 Å². The molecule has 0 unspecified atom stereocenters. The third-order valence-corrected chi connectivity index (χ3v) is 3.00. The molecule has 0 atom stereocenters. The van der Waals surface area contributed by atoms with Crippen molar-refractivity contribution < 1.29 is 0 Å². The number of rotatable bonds is 4. The van der Waals surface area contributed by atoms with Crippen LogP contribution in [0.5, 0.6) is 0 Å². The highest BCUT2D eigenvalue weighted by Gasteiger charge is 2.32. The molecule has 0 spiro atoms. The average Bonchev–Trinajstić information content (AvgIpc) is 1.97. The van der Waals surface area contributed by atoms with Crippen molar-refractivity contribution in [1.82, 2.24) is 5.32 Å². The third-order valence-electron chi connectivity index (χ3n) is 3.00. The summed E-state index contributed by atoms with van der Waals surface area (Å²) < 4.78 is 0. The van der Waals surface area contributed by atoms with Crippen LogP contribution in [0.1, 0.15) is 52.9 Å². The van der Waals surface area contributed by atoms with Crippen LogP contribution in [0.4, 0.5) is 0 Å². The van der Waals surface area contributed by atoms with E-state index in [2.05, 4.69) is 26.1 Å². The molecule has 0 aliphatic heterocycles. The lowest BCUT2D eigenvalue weighted by Crippen LogP contribution is -2.52. The lowest BCUT2D eigenvalue weighted by molar-refractivity contribution is 0.181. The lowest BCUT2D eigenvalue weighted by Gasteiger charge is -2.42. The molecule has 1 aliphatic rings. The molecule has 0 aromatic rings. The van der Waals surface area contributed by atoms with Crippen LogP contribution < -0.4 is 5.32 Å². The van der Waals surface area contributed by atoms with Gasteiger partial charge in [0.1, 0.15) is 0 Å². The molecular formula is C10H21N. The summed E-state index contributed by atoms with van der Waals surface area (Å²) >= 11 is 0. The zero-order valence-electron chi connectivity index (χ0n) is 8.11. The second-order valence-corrected chi connectivity index (χ2v) is 4.07. The first-order valence-corrected chi connectivity index (χ1v) is 4.98. The highest BCUT2D eigenvalue weighted by atomic mass is 15.0. The summed E-state index contributed by atoms with van der Waals surface area (Å²) in [4.78, 5) is 0. The van der Waals surface area contributed by atoms with E-state index in [-0.39, 0.29) is 0 Å². The Kier molecular flexibility index (Phi) is 2.94. The maximum absolute atomic E-state index is 3.73. The fraction of sp³-hybridized carbons (Fsp3) is 1.00. The monoisotopic (exact) mass is 155 g/mol. The smallest absolute Gasteiger partial charge is 0.0155 e. The maximum Gasteiger partial charge on any atom is 0.0155 e. The molecule has 1 rings (SSSR count). The first kappa shape index (κ1) is 9.05. The standard InChI is InChI=1S/C10H21N/c1-4-9(5-2)11-10(3)7-6-8-10/h9,11H,4-8H2,1-3H3. The van der Waals surface area contributed by atoms with Crippen molar-refractivity contribution in [2.24, 2.45) is 0 Å². The van der Waals surface area contributed by atoms with Gasteiger partial charge in [-0.05, 0) is 39.0 Å². The molecule has 0 saturated heterocycles. The van der Waals surface area contributed by atoms with E-state index in [4.69, 9.17) is 0 Å². The van der Waals surface area contributed by atoms with E-state index in [0.717, 1.165) is 6.04 Å². The topological polar surface area (TPSA) is 12.0 Å². The van der Waals surface area contributed by atoms with E-state index in [9.17, 15) is 0 Å². The van der Waals surface area contributed by atoms with Gasteiger partial charge in [-0.15, -0.1) is 0 Å². The van der Waals surface area contributed by atoms with Crippen LogP contribution in [0.25, 0.3) is 0 Å². The number of hydrogen-bond donors (Lipinski definition) is 1. The Morgan fingerprint density at radius 1 is 1.27 bits per heavy atom.